The maximum atomic E-state index is 13.2. The summed E-state index contributed by atoms with van der Waals surface area (Å²) in [5, 5.41) is 0.779. The van der Waals surface area contributed by atoms with Crippen molar-refractivity contribution >= 4 is 27.3 Å². The van der Waals surface area contributed by atoms with Gasteiger partial charge in [0.2, 0.25) is 0 Å². The summed E-state index contributed by atoms with van der Waals surface area (Å²) < 4.78 is 1.63. The Morgan fingerprint density at radius 2 is 1.92 bits per heavy atom. The third-order valence-electron chi connectivity index (χ3n) is 5.10. The zero-order chi connectivity index (χ0) is 16.7. The number of nitrogens with zero attached hydrogens (tertiary/aromatic N) is 3. The quantitative estimate of drug-likeness (QED) is 0.854. The lowest BCUT2D eigenvalue weighted by molar-refractivity contribution is -0.117. The third kappa shape index (κ3) is 2.82. The summed E-state index contributed by atoms with van der Waals surface area (Å²) in [5.74, 6) is 0.758. The Kier molecular flexibility index (Phi) is 4.26. The van der Waals surface area contributed by atoms with Gasteiger partial charge in [0, 0.05) is 4.88 Å². The molecule has 4 rings (SSSR count). The molecule has 0 radical (unpaired) electrons. The second-order valence-corrected chi connectivity index (χ2v) is 8.08. The number of ketones is 1. The second-order valence-electron chi connectivity index (χ2n) is 7.00. The molecule has 0 unspecified atom stereocenters. The summed E-state index contributed by atoms with van der Waals surface area (Å²) in [7, 11) is 0. The standard InChI is InChI=1S/C18H23N3O2S/c1-12(22)10-21-15(11-20-8-4-5-9-20)19-17-16(18(21)23)13-6-2-3-7-14(13)24-17/h2-11H2,1H3. The number of hydrogen-bond donors (Lipinski definition) is 0. The van der Waals surface area contributed by atoms with Crippen LogP contribution in [0.15, 0.2) is 4.79 Å². The fourth-order valence-electron chi connectivity index (χ4n) is 3.93. The molecule has 5 nitrogen and oxygen atoms in total. The zero-order valence-corrected chi connectivity index (χ0v) is 15.0. The Morgan fingerprint density at radius 1 is 1.17 bits per heavy atom. The highest BCUT2D eigenvalue weighted by Gasteiger charge is 2.23. The Morgan fingerprint density at radius 3 is 2.67 bits per heavy atom. The molecule has 6 heteroatoms. The SMILES string of the molecule is CC(=O)Cn1c(CN2CCCC2)nc2sc3c(c2c1=O)CCCC3. The first-order valence-electron chi connectivity index (χ1n) is 8.89. The smallest absolute Gasteiger partial charge is 0.263 e. The molecule has 1 saturated heterocycles. The van der Waals surface area contributed by atoms with Crippen molar-refractivity contribution in [2.24, 2.45) is 0 Å². The summed E-state index contributed by atoms with van der Waals surface area (Å²) in [5.41, 5.74) is 1.19. The number of Topliss-reactive ketones (excluding diaryl/α,β-unsaturated/α-hetero) is 1. The molecule has 1 aliphatic heterocycles. The normalized spacial score (nSPS) is 18.2. The van der Waals surface area contributed by atoms with Crippen molar-refractivity contribution in [2.45, 2.75) is 58.5 Å². The highest BCUT2D eigenvalue weighted by molar-refractivity contribution is 7.18. The average molecular weight is 345 g/mol. The van der Waals surface area contributed by atoms with Crippen LogP contribution in [-0.2, 0) is 30.7 Å². The van der Waals surface area contributed by atoms with E-state index in [1.54, 1.807) is 22.8 Å². The van der Waals surface area contributed by atoms with Crippen LogP contribution in [-0.4, -0.2) is 33.3 Å². The molecule has 0 bridgehead atoms. The molecule has 0 aromatic carbocycles. The van der Waals surface area contributed by atoms with Gasteiger partial charge >= 0.3 is 0 Å². The maximum Gasteiger partial charge on any atom is 0.263 e. The number of aromatic nitrogens is 2. The Hall–Kier alpha value is -1.53. The van der Waals surface area contributed by atoms with Crippen LogP contribution in [0.1, 0.15) is 48.9 Å². The number of likely N-dealkylation sites (tertiary alicyclic amines) is 1. The van der Waals surface area contributed by atoms with Crippen LogP contribution < -0.4 is 5.56 Å². The van der Waals surface area contributed by atoms with Crippen LogP contribution in [0.4, 0.5) is 0 Å². The summed E-state index contributed by atoms with van der Waals surface area (Å²) in [4.78, 5) is 34.2. The van der Waals surface area contributed by atoms with Gasteiger partial charge < -0.3 is 0 Å². The van der Waals surface area contributed by atoms with Gasteiger partial charge in [0.15, 0.2) is 0 Å². The largest absolute Gasteiger partial charge is 0.298 e. The number of thiophene rings is 1. The van der Waals surface area contributed by atoms with E-state index in [2.05, 4.69) is 4.90 Å². The van der Waals surface area contributed by atoms with Gasteiger partial charge in [-0.1, -0.05) is 0 Å². The van der Waals surface area contributed by atoms with Crippen molar-refractivity contribution in [1.82, 2.24) is 14.5 Å². The molecule has 1 fully saturated rings. The Bertz CT molecular complexity index is 846. The fraction of sp³-hybridized carbons (Fsp3) is 0.611. The molecule has 2 aromatic heterocycles. The van der Waals surface area contributed by atoms with Gasteiger partial charge in [-0.15, -0.1) is 11.3 Å². The lowest BCUT2D eigenvalue weighted by Gasteiger charge is -2.18. The second kappa shape index (κ2) is 6.41. The lowest BCUT2D eigenvalue weighted by Crippen LogP contribution is -2.31. The van der Waals surface area contributed by atoms with E-state index >= 15 is 0 Å². The van der Waals surface area contributed by atoms with Crippen LogP contribution >= 0.6 is 11.3 Å². The molecule has 24 heavy (non-hydrogen) atoms. The third-order valence-corrected chi connectivity index (χ3v) is 6.28. The first kappa shape index (κ1) is 16.0. The topological polar surface area (TPSA) is 55.2 Å². The lowest BCUT2D eigenvalue weighted by atomic mass is 9.97. The molecule has 0 spiro atoms. The molecule has 1 aliphatic carbocycles. The highest BCUT2D eigenvalue weighted by atomic mass is 32.1. The van der Waals surface area contributed by atoms with E-state index < -0.39 is 0 Å². The number of rotatable bonds is 4. The molecular weight excluding hydrogens is 322 g/mol. The number of carbonyl (C=O) groups is 1. The summed E-state index contributed by atoms with van der Waals surface area (Å²) >= 11 is 1.69. The Labute approximate surface area is 145 Å². The Balaban J connectivity index is 1.86. The average Bonchev–Trinajstić information content (AvgIpc) is 3.17. The summed E-state index contributed by atoms with van der Waals surface area (Å²) in [6.07, 6.45) is 6.77. The van der Waals surface area contributed by atoms with Crippen molar-refractivity contribution in [3.05, 3.63) is 26.6 Å². The molecule has 0 N–H and O–H groups in total. The molecule has 128 valence electrons. The van der Waals surface area contributed by atoms with Crippen molar-refractivity contribution in [3.63, 3.8) is 0 Å². The van der Waals surface area contributed by atoms with E-state index in [4.69, 9.17) is 4.98 Å². The fourth-order valence-corrected chi connectivity index (χ4v) is 5.20. The van der Waals surface area contributed by atoms with E-state index in [-0.39, 0.29) is 17.9 Å². The van der Waals surface area contributed by atoms with Gasteiger partial charge in [-0.25, -0.2) is 4.98 Å². The van der Waals surface area contributed by atoms with Gasteiger partial charge in [-0.2, -0.15) is 0 Å². The highest BCUT2D eigenvalue weighted by Crippen LogP contribution is 2.33. The predicted molar refractivity (Wildman–Crippen MR) is 95.7 cm³/mol. The van der Waals surface area contributed by atoms with Crippen LogP contribution in [0.2, 0.25) is 0 Å². The number of carbonyl (C=O) groups excluding carboxylic acids is 1. The molecule has 0 amide bonds. The maximum absolute atomic E-state index is 13.2. The molecule has 0 saturated carbocycles. The van der Waals surface area contributed by atoms with Crippen LogP contribution in [0.25, 0.3) is 10.2 Å². The van der Waals surface area contributed by atoms with Crippen LogP contribution in [0.5, 0.6) is 0 Å². The molecule has 3 heterocycles. The van der Waals surface area contributed by atoms with Crippen molar-refractivity contribution in [3.8, 4) is 0 Å². The number of fused-ring (bicyclic) bond motifs is 3. The first-order valence-corrected chi connectivity index (χ1v) is 9.71. The van der Waals surface area contributed by atoms with E-state index in [0.29, 0.717) is 6.54 Å². The van der Waals surface area contributed by atoms with E-state index in [0.717, 1.165) is 48.4 Å². The van der Waals surface area contributed by atoms with E-state index in [1.165, 1.54) is 29.7 Å². The zero-order valence-electron chi connectivity index (χ0n) is 14.1. The minimum absolute atomic E-state index is 0.00465. The van der Waals surface area contributed by atoms with Crippen molar-refractivity contribution in [2.75, 3.05) is 13.1 Å². The summed E-state index contributed by atoms with van der Waals surface area (Å²) in [6.45, 7) is 4.44. The predicted octanol–water partition coefficient (Wildman–Crippen LogP) is 2.52. The van der Waals surface area contributed by atoms with Crippen LogP contribution in [0, 0.1) is 0 Å². The van der Waals surface area contributed by atoms with Gasteiger partial charge in [0.05, 0.1) is 18.5 Å². The molecule has 2 aliphatic rings. The minimum Gasteiger partial charge on any atom is -0.298 e. The molecule has 0 atom stereocenters. The van der Waals surface area contributed by atoms with Crippen molar-refractivity contribution < 1.29 is 4.79 Å². The van der Waals surface area contributed by atoms with E-state index in [1.807, 2.05) is 0 Å². The minimum atomic E-state index is -0.0104. The molecule has 2 aromatic rings. The summed E-state index contributed by atoms with van der Waals surface area (Å²) in [6, 6.07) is 0. The number of hydrogen-bond acceptors (Lipinski definition) is 5. The monoisotopic (exact) mass is 345 g/mol. The number of aryl methyl sites for hydroxylation is 2. The van der Waals surface area contributed by atoms with Gasteiger partial charge in [-0.3, -0.25) is 19.1 Å². The van der Waals surface area contributed by atoms with E-state index in [9.17, 15) is 9.59 Å². The van der Waals surface area contributed by atoms with Gasteiger partial charge in [0.25, 0.3) is 5.56 Å². The first-order chi connectivity index (χ1) is 11.6. The van der Waals surface area contributed by atoms with Gasteiger partial charge in [0.1, 0.15) is 16.4 Å². The van der Waals surface area contributed by atoms with Crippen LogP contribution in [0.3, 0.4) is 0 Å². The van der Waals surface area contributed by atoms with Gasteiger partial charge in [-0.05, 0) is 64.1 Å². The molecular formula is C18H23N3O2S. The van der Waals surface area contributed by atoms with Crippen molar-refractivity contribution in [1.29, 1.82) is 0 Å².